The van der Waals surface area contributed by atoms with Gasteiger partial charge in [-0.2, -0.15) is 0 Å². The van der Waals surface area contributed by atoms with Gasteiger partial charge in [0.1, 0.15) is 0 Å². The molecule has 0 aliphatic carbocycles. The van der Waals surface area contributed by atoms with Gasteiger partial charge >= 0.3 is 17.8 Å². The van der Waals surface area contributed by atoms with E-state index >= 15 is 0 Å². The van der Waals surface area contributed by atoms with E-state index in [2.05, 4.69) is 0 Å². The van der Waals surface area contributed by atoms with Gasteiger partial charge < -0.3 is 5.73 Å². The molecule has 1 fully saturated rings. The molecule has 0 aromatic rings. The molecule has 14 heavy (non-hydrogen) atoms. The summed E-state index contributed by atoms with van der Waals surface area (Å²) in [6.45, 7) is 3.38. The second kappa shape index (κ2) is 3.06. The third-order valence-corrected chi connectivity index (χ3v) is 2.27. The van der Waals surface area contributed by atoms with Gasteiger partial charge in [-0.05, 0) is 13.8 Å². The number of nitrogens with zero attached hydrogens (tertiary/aromatic N) is 2. The molecule has 0 aromatic carbocycles. The summed E-state index contributed by atoms with van der Waals surface area (Å²) in [5.41, 5.74) is 4.60. The predicted molar refractivity (Wildman–Crippen MR) is 48.1 cm³/mol. The second-order valence-electron chi connectivity index (χ2n) is 3.80. The Morgan fingerprint density at radius 1 is 1.21 bits per heavy atom. The molecule has 0 aromatic heterocycles. The molecule has 6 heteroatoms. The smallest absolute Gasteiger partial charge is 0.328 e. The van der Waals surface area contributed by atoms with Crippen molar-refractivity contribution in [3.05, 3.63) is 0 Å². The van der Waals surface area contributed by atoms with E-state index in [-0.39, 0.29) is 6.54 Å². The van der Waals surface area contributed by atoms with Crippen molar-refractivity contribution in [1.82, 2.24) is 9.80 Å². The van der Waals surface area contributed by atoms with Crippen LogP contribution in [0.15, 0.2) is 0 Å². The maximum atomic E-state index is 11.5. The summed E-state index contributed by atoms with van der Waals surface area (Å²) in [5.74, 6) is -1.62. The number of carbonyl (C=O) groups is 3. The van der Waals surface area contributed by atoms with Crippen LogP contribution in [-0.2, 0) is 9.59 Å². The van der Waals surface area contributed by atoms with Gasteiger partial charge in [0.15, 0.2) is 0 Å². The van der Waals surface area contributed by atoms with Crippen molar-refractivity contribution in [2.75, 3.05) is 13.6 Å². The Morgan fingerprint density at radius 2 is 1.71 bits per heavy atom. The summed E-state index contributed by atoms with van der Waals surface area (Å²) in [7, 11) is 1.27. The molecule has 0 radical (unpaired) electrons. The van der Waals surface area contributed by atoms with Gasteiger partial charge in [-0.1, -0.05) is 0 Å². The summed E-state index contributed by atoms with van der Waals surface area (Å²) in [4.78, 5) is 35.7. The van der Waals surface area contributed by atoms with Crippen LogP contribution in [0.1, 0.15) is 13.8 Å². The Kier molecular flexibility index (Phi) is 2.32. The number of nitrogens with two attached hydrogens (primary N) is 1. The molecule has 1 heterocycles. The zero-order chi connectivity index (χ0) is 11.1. The fraction of sp³-hybridized carbons (Fsp3) is 0.625. The summed E-state index contributed by atoms with van der Waals surface area (Å²) in [5, 5.41) is 0. The first-order valence-electron chi connectivity index (χ1n) is 4.19. The molecular formula is C8H13N3O3. The lowest BCUT2D eigenvalue weighted by Gasteiger charge is -2.31. The van der Waals surface area contributed by atoms with Crippen molar-refractivity contribution in [2.24, 2.45) is 5.73 Å². The second-order valence-corrected chi connectivity index (χ2v) is 3.80. The third-order valence-electron chi connectivity index (χ3n) is 2.27. The van der Waals surface area contributed by atoms with Gasteiger partial charge in [-0.15, -0.1) is 0 Å². The first-order chi connectivity index (χ1) is 6.33. The Labute approximate surface area is 81.6 Å². The SMILES string of the molecule is CN1C(=O)C(=O)N(C(C)(C)CN)C1=O. The van der Waals surface area contributed by atoms with Crippen LogP contribution < -0.4 is 5.73 Å². The molecule has 6 nitrogen and oxygen atoms in total. The number of rotatable bonds is 2. The summed E-state index contributed by atoms with van der Waals surface area (Å²) in [6, 6.07) is -0.615. The van der Waals surface area contributed by atoms with Crippen molar-refractivity contribution < 1.29 is 14.4 Å². The lowest BCUT2D eigenvalue weighted by molar-refractivity contribution is -0.144. The average molecular weight is 199 g/mol. The van der Waals surface area contributed by atoms with E-state index in [4.69, 9.17) is 5.73 Å². The van der Waals surface area contributed by atoms with Crippen LogP contribution in [0.4, 0.5) is 4.79 Å². The number of carbonyl (C=O) groups excluding carboxylic acids is 3. The first-order valence-corrected chi connectivity index (χ1v) is 4.19. The Balaban J connectivity index is 3.08. The van der Waals surface area contributed by atoms with Crippen LogP contribution in [0.3, 0.4) is 0 Å². The molecule has 1 aliphatic rings. The van der Waals surface area contributed by atoms with Gasteiger partial charge in [0, 0.05) is 13.6 Å². The fourth-order valence-electron chi connectivity index (χ4n) is 1.19. The number of likely N-dealkylation sites (N-methyl/N-ethyl adjacent to an activating group) is 1. The van der Waals surface area contributed by atoms with Crippen molar-refractivity contribution >= 4 is 17.8 Å². The van der Waals surface area contributed by atoms with E-state index in [1.807, 2.05) is 0 Å². The zero-order valence-corrected chi connectivity index (χ0v) is 8.40. The topological polar surface area (TPSA) is 83.7 Å². The minimum atomic E-state index is -0.825. The molecule has 0 spiro atoms. The number of urea groups is 1. The van der Waals surface area contributed by atoms with Gasteiger partial charge in [0.25, 0.3) is 0 Å². The Hall–Kier alpha value is -1.43. The quantitative estimate of drug-likeness (QED) is 0.463. The van der Waals surface area contributed by atoms with Gasteiger partial charge in [0.05, 0.1) is 5.54 Å². The third kappa shape index (κ3) is 1.27. The number of hydrogen-bond donors (Lipinski definition) is 1. The molecule has 78 valence electrons. The molecule has 0 bridgehead atoms. The molecule has 1 saturated heterocycles. The molecule has 0 atom stereocenters. The highest BCUT2D eigenvalue weighted by Crippen LogP contribution is 2.20. The zero-order valence-electron chi connectivity index (χ0n) is 8.40. The van der Waals surface area contributed by atoms with E-state index in [1.165, 1.54) is 7.05 Å². The lowest BCUT2D eigenvalue weighted by Crippen LogP contribution is -2.52. The Morgan fingerprint density at radius 3 is 2.00 bits per heavy atom. The van der Waals surface area contributed by atoms with Crippen LogP contribution >= 0.6 is 0 Å². The summed E-state index contributed by atoms with van der Waals surface area (Å²) < 4.78 is 0. The number of imide groups is 2. The highest BCUT2D eigenvalue weighted by Gasteiger charge is 2.48. The van der Waals surface area contributed by atoms with Crippen LogP contribution in [0.5, 0.6) is 0 Å². The largest absolute Gasteiger partial charge is 0.334 e. The maximum absolute atomic E-state index is 11.5. The van der Waals surface area contributed by atoms with Crippen LogP contribution in [0.25, 0.3) is 0 Å². The minimum absolute atomic E-state index is 0.117. The number of hydrogen-bond acceptors (Lipinski definition) is 4. The molecule has 2 N–H and O–H groups in total. The Bertz CT molecular complexity index is 311. The van der Waals surface area contributed by atoms with Gasteiger partial charge in [0.2, 0.25) is 0 Å². The fourth-order valence-corrected chi connectivity index (χ4v) is 1.19. The lowest BCUT2D eigenvalue weighted by atomic mass is 10.0. The molecule has 1 aliphatic heterocycles. The van der Waals surface area contributed by atoms with Crippen molar-refractivity contribution in [3.63, 3.8) is 0 Å². The average Bonchev–Trinajstić information content (AvgIpc) is 2.31. The van der Waals surface area contributed by atoms with E-state index < -0.39 is 23.4 Å². The van der Waals surface area contributed by atoms with Crippen molar-refractivity contribution in [3.8, 4) is 0 Å². The van der Waals surface area contributed by atoms with Crippen LogP contribution in [-0.4, -0.2) is 46.8 Å². The molecule has 1 rings (SSSR count). The molecule has 4 amide bonds. The van der Waals surface area contributed by atoms with Crippen LogP contribution in [0.2, 0.25) is 0 Å². The monoisotopic (exact) mass is 199 g/mol. The first kappa shape index (κ1) is 10.6. The van der Waals surface area contributed by atoms with Gasteiger partial charge in [-0.3, -0.25) is 14.5 Å². The normalized spacial score (nSPS) is 18.4. The standard InChI is InChI=1S/C8H13N3O3/c1-8(2,4-9)11-6(13)5(12)10(3)7(11)14/h4,9H2,1-3H3. The van der Waals surface area contributed by atoms with E-state index in [0.29, 0.717) is 0 Å². The van der Waals surface area contributed by atoms with E-state index in [0.717, 1.165) is 9.80 Å². The molecular weight excluding hydrogens is 186 g/mol. The maximum Gasteiger partial charge on any atom is 0.334 e. The summed E-state index contributed by atoms with van der Waals surface area (Å²) >= 11 is 0. The molecule has 0 unspecified atom stereocenters. The highest BCUT2D eigenvalue weighted by molar-refractivity contribution is 6.44. The number of amides is 4. The van der Waals surface area contributed by atoms with Crippen molar-refractivity contribution in [2.45, 2.75) is 19.4 Å². The summed E-state index contributed by atoms with van der Waals surface area (Å²) in [6.07, 6.45) is 0. The predicted octanol–water partition coefficient (Wildman–Crippen LogP) is -0.856. The van der Waals surface area contributed by atoms with Crippen molar-refractivity contribution in [1.29, 1.82) is 0 Å². The van der Waals surface area contributed by atoms with Crippen LogP contribution in [0, 0.1) is 0 Å². The van der Waals surface area contributed by atoms with Gasteiger partial charge in [-0.25, -0.2) is 9.69 Å². The highest BCUT2D eigenvalue weighted by atomic mass is 16.2. The van der Waals surface area contributed by atoms with E-state index in [1.54, 1.807) is 13.8 Å². The minimum Gasteiger partial charge on any atom is -0.328 e. The molecule has 0 saturated carbocycles. The van der Waals surface area contributed by atoms with E-state index in [9.17, 15) is 14.4 Å².